The van der Waals surface area contributed by atoms with E-state index in [1.165, 1.54) is 17.3 Å². The maximum atomic E-state index is 13.4. The molecule has 0 fully saturated rings. The van der Waals surface area contributed by atoms with Gasteiger partial charge >= 0.3 is 0 Å². The third kappa shape index (κ3) is 6.43. The lowest BCUT2D eigenvalue weighted by atomic mass is 10.0. The molecule has 0 aliphatic carbocycles. The molecule has 36 heavy (non-hydrogen) atoms. The first-order valence-electron chi connectivity index (χ1n) is 12.0. The minimum atomic E-state index is -0.460. The van der Waals surface area contributed by atoms with Crippen molar-refractivity contribution in [2.75, 3.05) is 10.6 Å². The zero-order chi connectivity index (χ0) is 25.5. The zero-order valence-electron chi connectivity index (χ0n) is 20.7. The number of anilines is 2. The number of carbonyl (C=O) groups excluding carboxylic acids is 2. The Hall–Kier alpha value is -3.83. The first-order chi connectivity index (χ1) is 17.4. The summed E-state index contributed by atoms with van der Waals surface area (Å²) in [5.74, 6) is 0.177. The second-order valence-corrected chi connectivity index (χ2v) is 10.1. The molecule has 0 aliphatic rings. The van der Waals surface area contributed by atoms with E-state index in [4.69, 9.17) is 0 Å². The van der Waals surface area contributed by atoms with Gasteiger partial charge in [-0.3, -0.25) is 9.59 Å². The molecule has 0 aliphatic heterocycles. The lowest BCUT2D eigenvalue weighted by molar-refractivity contribution is -0.115. The molecular formula is C31H30N2O2S. The van der Waals surface area contributed by atoms with Gasteiger partial charge in [-0.15, -0.1) is 11.8 Å². The molecule has 4 aromatic rings. The van der Waals surface area contributed by atoms with Crippen LogP contribution in [0.1, 0.15) is 52.1 Å². The Labute approximate surface area is 217 Å². The first kappa shape index (κ1) is 25.3. The highest BCUT2D eigenvalue weighted by atomic mass is 32.2. The monoisotopic (exact) mass is 494 g/mol. The van der Waals surface area contributed by atoms with Gasteiger partial charge < -0.3 is 10.6 Å². The van der Waals surface area contributed by atoms with Gasteiger partial charge in [0.1, 0.15) is 5.25 Å². The topological polar surface area (TPSA) is 58.2 Å². The van der Waals surface area contributed by atoms with Gasteiger partial charge in [0.05, 0.1) is 0 Å². The van der Waals surface area contributed by atoms with Crippen LogP contribution in [0.2, 0.25) is 0 Å². The molecule has 182 valence electrons. The van der Waals surface area contributed by atoms with Gasteiger partial charge in [0.2, 0.25) is 5.91 Å². The van der Waals surface area contributed by atoms with E-state index in [0.29, 0.717) is 17.2 Å². The summed E-state index contributed by atoms with van der Waals surface area (Å²) < 4.78 is 0. The quantitative estimate of drug-likeness (QED) is 0.245. The summed E-state index contributed by atoms with van der Waals surface area (Å²) in [7, 11) is 0. The van der Waals surface area contributed by atoms with Crippen molar-refractivity contribution < 1.29 is 9.59 Å². The summed E-state index contributed by atoms with van der Waals surface area (Å²) in [6, 6.07) is 32.8. The lowest BCUT2D eigenvalue weighted by Crippen LogP contribution is -2.19. The lowest BCUT2D eigenvalue weighted by Gasteiger charge is -2.18. The number of aryl methyl sites for hydroxylation is 1. The fourth-order valence-corrected chi connectivity index (χ4v) is 4.95. The van der Waals surface area contributed by atoms with Gasteiger partial charge in [0.15, 0.2) is 0 Å². The predicted octanol–water partition coefficient (Wildman–Crippen LogP) is 7.84. The molecule has 0 spiro atoms. The van der Waals surface area contributed by atoms with Crippen LogP contribution >= 0.6 is 11.8 Å². The van der Waals surface area contributed by atoms with Gasteiger partial charge in [0.25, 0.3) is 5.91 Å². The van der Waals surface area contributed by atoms with Crippen LogP contribution in [0.5, 0.6) is 0 Å². The van der Waals surface area contributed by atoms with Crippen molar-refractivity contribution in [3.8, 4) is 0 Å². The van der Waals surface area contributed by atoms with Crippen molar-refractivity contribution in [2.24, 2.45) is 0 Å². The highest BCUT2D eigenvalue weighted by Gasteiger charge is 2.22. The number of carbonyl (C=O) groups is 2. The Morgan fingerprint density at radius 1 is 0.694 bits per heavy atom. The van der Waals surface area contributed by atoms with Crippen molar-refractivity contribution in [3.63, 3.8) is 0 Å². The van der Waals surface area contributed by atoms with E-state index in [2.05, 4.69) is 24.5 Å². The summed E-state index contributed by atoms with van der Waals surface area (Å²) >= 11 is 1.45. The summed E-state index contributed by atoms with van der Waals surface area (Å²) in [5, 5.41) is 5.60. The minimum absolute atomic E-state index is 0.0992. The van der Waals surface area contributed by atoms with E-state index in [9.17, 15) is 9.59 Å². The van der Waals surface area contributed by atoms with Crippen LogP contribution in [-0.2, 0) is 4.79 Å². The number of hydrogen-bond acceptors (Lipinski definition) is 3. The molecule has 1 atom stereocenters. The summed E-state index contributed by atoms with van der Waals surface area (Å²) in [6.07, 6.45) is 0. The number of rotatable bonds is 8. The molecule has 2 amide bonds. The fourth-order valence-electron chi connectivity index (χ4n) is 3.87. The molecular weight excluding hydrogens is 464 g/mol. The second-order valence-electron chi connectivity index (χ2n) is 8.97. The van der Waals surface area contributed by atoms with Gasteiger partial charge in [-0.1, -0.05) is 80.6 Å². The minimum Gasteiger partial charge on any atom is -0.325 e. The molecule has 0 saturated heterocycles. The molecule has 4 rings (SSSR count). The van der Waals surface area contributed by atoms with Crippen LogP contribution < -0.4 is 10.6 Å². The van der Waals surface area contributed by atoms with Crippen molar-refractivity contribution in [3.05, 3.63) is 125 Å². The van der Waals surface area contributed by atoms with Gasteiger partial charge in [-0.2, -0.15) is 0 Å². The summed E-state index contributed by atoms with van der Waals surface area (Å²) in [6.45, 7) is 6.21. The van der Waals surface area contributed by atoms with Crippen molar-refractivity contribution >= 4 is 35.0 Å². The fraction of sp³-hybridized carbons (Fsp3) is 0.161. The number of benzene rings is 4. The average molecular weight is 495 g/mol. The normalized spacial score (nSPS) is 11.7. The van der Waals surface area contributed by atoms with Gasteiger partial charge in [-0.05, 0) is 65.9 Å². The average Bonchev–Trinajstić information content (AvgIpc) is 2.88. The molecule has 2 N–H and O–H groups in total. The van der Waals surface area contributed by atoms with Crippen LogP contribution in [0.15, 0.2) is 108 Å². The molecule has 1 unspecified atom stereocenters. The standard InChI is InChI=1S/C31H30N2O2S/c1-21(2)23-16-18-25(19-17-23)32-31(35)29(24-11-5-4-6-12-24)36-27-14-9-13-26(20-27)33-30(34)28-15-8-7-10-22(28)3/h4-21,29H,1-3H3,(H,32,35)(H,33,34). The van der Waals surface area contributed by atoms with Gasteiger partial charge in [0, 0.05) is 21.8 Å². The Morgan fingerprint density at radius 2 is 1.39 bits per heavy atom. The van der Waals surface area contributed by atoms with E-state index in [-0.39, 0.29) is 11.8 Å². The predicted molar refractivity (Wildman–Crippen MR) is 150 cm³/mol. The molecule has 0 bridgehead atoms. The number of thioether (sulfide) groups is 1. The Kier molecular flexibility index (Phi) is 8.24. The van der Waals surface area contributed by atoms with E-state index in [1.54, 1.807) is 0 Å². The number of hydrogen-bond donors (Lipinski definition) is 2. The second kappa shape index (κ2) is 11.7. The summed E-state index contributed by atoms with van der Waals surface area (Å²) in [5.41, 5.74) is 5.15. The van der Waals surface area contributed by atoms with Crippen molar-refractivity contribution in [1.29, 1.82) is 0 Å². The highest BCUT2D eigenvalue weighted by molar-refractivity contribution is 8.00. The van der Waals surface area contributed by atoms with Crippen molar-refractivity contribution in [2.45, 2.75) is 36.8 Å². The third-order valence-corrected chi connectivity index (χ3v) is 7.17. The van der Waals surface area contributed by atoms with E-state index >= 15 is 0 Å². The molecule has 0 aromatic heterocycles. The van der Waals surface area contributed by atoms with E-state index < -0.39 is 5.25 Å². The molecule has 0 heterocycles. The number of amides is 2. The van der Waals surface area contributed by atoms with Crippen molar-refractivity contribution in [1.82, 2.24) is 0 Å². The Bertz CT molecular complexity index is 1330. The maximum absolute atomic E-state index is 13.4. The van der Waals surface area contributed by atoms with E-state index in [1.807, 2.05) is 110 Å². The molecule has 4 nitrogen and oxygen atoms in total. The Morgan fingerprint density at radius 3 is 2.08 bits per heavy atom. The third-order valence-electron chi connectivity index (χ3n) is 5.92. The number of nitrogens with one attached hydrogen (secondary N) is 2. The zero-order valence-corrected chi connectivity index (χ0v) is 21.5. The van der Waals surface area contributed by atoms with Crippen LogP contribution in [0.25, 0.3) is 0 Å². The van der Waals surface area contributed by atoms with E-state index in [0.717, 1.165) is 21.7 Å². The van der Waals surface area contributed by atoms with Gasteiger partial charge in [-0.25, -0.2) is 0 Å². The van der Waals surface area contributed by atoms with Crippen LogP contribution in [0, 0.1) is 6.92 Å². The SMILES string of the molecule is Cc1ccccc1C(=O)Nc1cccc(SC(C(=O)Nc2ccc(C(C)C)cc2)c2ccccc2)c1. The highest BCUT2D eigenvalue weighted by Crippen LogP contribution is 2.37. The molecule has 4 aromatic carbocycles. The van der Waals surface area contributed by atoms with Crippen LogP contribution in [-0.4, -0.2) is 11.8 Å². The first-order valence-corrected chi connectivity index (χ1v) is 12.9. The Balaban J connectivity index is 1.53. The molecule has 0 saturated carbocycles. The molecule has 0 radical (unpaired) electrons. The smallest absolute Gasteiger partial charge is 0.255 e. The largest absolute Gasteiger partial charge is 0.325 e. The summed E-state index contributed by atoms with van der Waals surface area (Å²) in [4.78, 5) is 27.1. The van der Waals surface area contributed by atoms with Crippen LogP contribution in [0.4, 0.5) is 11.4 Å². The van der Waals surface area contributed by atoms with Crippen LogP contribution in [0.3, 0.4) is 0 Å². The molecule has 5 heteroatoms. The maximum Gasteiger partial charge on any atom is 0.255 e.